The predicted molar refractivity (Wildman–Crippen MR) is 146 cm³/mol. The van der Waals surface area contributed by atoms with Crippen molar-refractivity contribution in [1.82, 2.24) is 39.2 Å². The zero-order valence-corrected chi connectivity index (χ0v) is 21.7. The van der Waals surface area contributed by atoms with Crippen LogP contribution in [0.5, 0.6) is 0 Å². The predicted octanol–water partition coefficient (Wildman–Crippen LogP) is 3.35. The summed E-state index contributed by atoms with van der Waals surface area (Å²) in [5.74, 6) is 1.19. The zero-order chi connectivity index (χ0) is 26.1. The number of nitrogens with zero attached hydrogens (tertiary/aromatic N) is 8. The van der Waals surface area contributed by atoms with E-state index in [1.54, 1.807) is 12.4 Å². The van der Waals surface area contributed by atoms with E-state index in [0.717, 1.165) is 86.8 Å². The minimum Gasteiger partial charge on any atom is -0.368 e. The van der Waals surface area contributed by atoms with Crippen molar-refractivity contribution in [2.45, 2.75) is 32.4 Å². The number of hydrogen-bond acceptors (Lipinski definition) is 7. The van der Waals surface area contributed by atoms with Crippen LogP contribution < -0.4 is 5.73 Å². The van der Waals surface area contributed by atoms with E-state index in [0.29, 0.717) is 0 Å². The number of nitrogens with two attached hydrogens (primary N) is 1. The van der Waals surface area contributed by atoms with Gasteiger partial charge in [0.1, 0.15) is 5.69 Å². The van der Waals surface area contributed by atoms with Crippen molar-refractivity contribution < 1.29 is 4.79 Å². The topological polar surface area (TPSA) is 109 Å². The van der Waals surface area contributed by atoms with Crippen molar-refractivity contribution in [3.63, 3.8) is 0 Å². The Balaban J connectivity index is 1.10. The second kappa shape index (κ2) is 10.4. The summed E-state index contributed by atoms with van der Waals surface area (Å²) in [7, 11) is 0. The van der Waals surface area contributed by atoms with Gasteiger partial charge in [0.25, 0.3) is 0 Å². The number of likely N-dealkylation sites (tertiary alicyclic amines) is 1. The summed E-state index contributed by atoms with van der Waals surface area (Å²) in [4.78, 5) is 37.4. The molecule has 0 bridgehead atoms. The quantitative estimate of drug-likeness (QED) is 0.447. The van der Waals surface area contributed by atoms with Crippen molar-refractivity contribution in [2.75, 3.05) is 45.0 Å². The Morgan fingerprint density at radius 2 is 1.68 bits per heavy atom. The van der Waals surface area contributed by atoms with E-state index in [-0.39, 0.29) is 18.0 Å². The van der Waals surface area contributed by atoms with Gasteiger partial charge < -0.3 is 20.1 Å². The van der Waals surface area contributed by atoms with Gasteiger partial charge in [0.15, 0.2) is 5.82 Å². The van der Waals surface area contributed by atoms with E-state index < -0.39 is 0 Å². The van der Waals surface area contributed by atoms with Gasteiger partial charge in [-0.3, -0.25) is 9.88 Å². The number of piperazine rings is 1. The molecule has 2 aliphatic heterocycles. The minimum atomic E-state index is 0.148. The first kappa shape index (κ1) is 24.3. The standard InChI is InChI=1S/C28H33N9O/c1-20-5-6-25-24(16-20)33-26(23-4-2-3-9-30-23)37(25)22-7-10-35(11-8-22)28(38)36-14-12-34(13-15-36)19-21-17-31-27(29)32-18-21/h2-6,9,16-18,22H,7-8,10-15,19H2,1H3,(H2,29,31,32). The van der Waals surface area contributed by atoms with Gasteiger partial charge in [-0.1, -0.05) is 12.1 Å². The normalized spacial score (nSPS) is 17.3. The number of amides is 2. The number of pyridine rings is 1. The fourth-order valence-corrected chi connectivity index (χ4v) is 5.57. The smallest absolute Gasteiger partial charge is 0.320 e. The Morgan fingerprint density at radius 1 is 0.947 bits per heavy atom. The SMILES string of the molecule is Cc1ccc2c(c1)nc(-c1ccccn1)n2C1CCN(C(=O)N2CCN(Cc3cnc(N)nc3)CC2)CC1. The number of carbonyl (C=O) groups is 1. The number of benzene rings is 1. The van der Waals surface area contributed by atoms with E-state index >= 15 is 0 Å². The average Bonchev–Trinajstić information content (AvgIpc) is 3.33. The van der Waals surface area contributed by atoms with Crippen molar-refractivity contribution in [1.29, 1.82) is 0 Å². The van der Waals surface area contributed by atoms with Crippen LogP contribution in [0.25, 0.3) is 22.6 Å². The summed E-state index contributed by atoms with van der Waals surface area (Å²) in [6.45, 7) is 7.45. The van der Waals surface area contributed by atoms with Crippen molar-refractivity contribution >= 4 is 23.0 Å². The van der Waals surface area contributed by atoms with E-state index in [9.17, 15) is 4.79 Å². The monoisotopic (exact) mass is 511 g/mol. The average molecular weight is 512 g/mol. The summed E-state index contributed by atoms with van der Waals surface area (Å²) in [6.07, 6.45) is 7.14. The molecule has 0 saturated carbocycles. The highest BCUT2D eigenvalue weighted by Crippen LogP contribution is 2.33. The number of anilines is 1. The van der Waals surface area contributed by atoms with Gasteiger partial charge in [-0.05, 0) is 49.6 Å². The number of aryl methyl sites for hydroxylation is 1. The van der Waals surface area contributed by atoms with Gasteiger partial charge in [0.2, 0.25) is 5.95 Å². The first-order valence-electron chi connectivity index (χ1n) is 13.3. The lowest BCUT2D eigenvalue weighted by atomic mass is 10.0. The van der Waals surface area contributed by atoms with Gasteiger partial charge in [-0.2, -0.15) is 0 Å². The summed E-state index contributed by atoms with van der Waals surface area (Å²) < 4.78 is 2.35. The fourth-order valence-electron chi connectivity index (χ4n) is 5.57. The van der Waals surface area contributed by atoms with Crippen LogP contribution in [0.15, 0.2) is 55.0 Å². The molecular weight excluding hydrogens is 478 g/mol. The van der Waals surface area contributed by atoms with E-state index in [4.69, 9.17) is 10.7 Å². The number of fused-ring (bicyclic) bond motifs is 1. The van der Waals surface area contributed by atoms with Crippen LogP contribution >= 0.6 is 0 Å². The number of carbonyl (C=O) groups excluding carboxylic acids is 1. The van der Waals surface area contributed by atoms with E-state index in [1.165, 1.54) is 5.56 Å². The Labute approximate surface area is 222 Å². The van der Waals surface area contributed by atoms with Crippen molar-refractivity contribution in [3.8, 4) is 11.5 Å². The maximum absolute atomic E-state index is 13.4. The molecule has 0 spiro atoms. The highest BCUT2D eigenvalue weighted by atomic mass is 16.2. The maximum atomic E-state index is 13.4. The Hall–Kier alpha value is -4.05. The Kier molecular flexibility index (Phi) is 6.63. The third kappa shape index (κ3) is 4.91. The van der Waals surface area contributed by atoms with Crippen molar-refractivity contribution in [2.24, 2.45) is 0 Å². The fraction of sp³-hybridized carbons (Fsp3) is 0.393. The molecule has 4 aromatic rings. The van der Waals surface area contributed by atoms with E-state index in [2.05, 4.69) is 49.5 Å². The van der Waals surface area contributed by atoms with Gasteiger partial charge in [-0.25, -0.2) is 19.7 Å². The lowest BCUT2D eigenvalue weighted by Crippen LogP contribution is -2.53. The number of hydrogen-bond donors (Lipinski definition) is 1. The van der Waals surface area contributed by atoms with Gasteiger partial charge in [0.05, 0.1) is 11.0 Å². The molecule has 0 radical (unpaired) electrons. The lowest BCUT2D eigenvalue weighted by Gasteiger charge is -2.40. The second-order valence-corrected chi connectivity index (χ2v) is 10.2. The summed E-state index contributed by atoms with van der Waals surface area (Å²) in [6, 6.07) is 12.8. The minimum absolute atomic E-state index is 0.148. The molecule has 2 aliphatic rings. The van der Waals surface area contributed by atoms with Crippen LogP contribution in [-0.2, 0) is 6.54 Å². The molecule has 5 heterocycles. The summed E-state index contributed by atoms with van der Waals surface area (Å²) in [5.41, 5.74) is 10.8. The second-order valence-electron chi connectivity index (χ2n) is 10.2. The molecule has 3 aromatic heterocycles. The van der Waals surface area contributed by atoms with Crippen molar-refractivity contribution in [3.05, 3.63) is 66.1 Å². The molecule has 2 saturated heterocycles. The highest BCUT2D eigenvalue weighted by Gasteiger charge is 2.31. The molecule has 10 heteroatoms. The number of piperidine rings is 1. The number of nitrogen functional groups attached to an aromatic ring is 1. The van der Waals surface area contributed by atoms with Gasteiger partial charge in [0, 0.05) is 76.0 Å². The number of imidazole rings is 1. The molecule has 2 N–H and O–H groups in total. The van der Waals surface area contributed by atoms with Crippen LogP contribution in [0, 0.1) is 6.92 Å². The molecule has 0 aliphatic carbocycles. The summed E-state index contributed by atoms with van der Waals surface area (Å²) in [5, 5.41) is 0. The molecule has 1 aromatic carbocycles. The largest absolute Gasteiger partial charge is 0.368 e. The lowest BCUT2D eigenvalue weighted by molar-refractivity contribution is 0.0996. The van der Waals surface area contributed by atoms with E-state index in [1.807, 2.05) is 34.2 Å². The van der Waals surface area contributed by atoms with Gasteiger partial charge in [-0.15, -0.1) is 0 Å². The first-order chi connectivity index (χ1) is 18.5. The highest BCUT2D eigenvalue weighted by molar-refractivity contribution is 5.81. The van der Waals surface area contributed by atoms with Crippen LogP contribution in [0.3, 0.4) is 0 Å². The molecule has 0 unspecified atom stereocenters. The molecule has 0 atom stereocenters. The number of urea groups is 1. The summed E-state index contributed by atoms with van der Waals surface area (Å²) >= 11 is 0. The molecule has 2 amide bonds. The molecule has 6 rings (SSSR count). The Bertz CT molecular complexity index is 1400. The zero-order valence-electron chi connectivity index (χ0n) is 21.7. The first-order valence-corrected chi connectivity index (χ1v) is 13.3. The number of rotatable bonds is 4. The molecule has 196 valence electrons. The van der Waals surface area contributed by atoms with Crippen LogP contribution in [0.4, 0.5) is 10.7 Å². The third-order valence-corrected chi connectivity index (χ3v) is 7.61. The molecule has 38 heavy (non-hydrogen) atoms. The van der Waals surface area contributed by atoms with Crippen LogP contribution in [0.1, 0.15) is 30.0 Å². The Morgan fingerprint density at radius 3 is 2.39 bits per heavy atom. The maximum Gasteiger partial charge on any atom is 0.320 e. The van der Waals surface area contributed by atoms with Crippen LogP contribution in [-0.4, -0.2) is 84.5 Å². The molecular formula is C28H33N9O. The molecule has 2 fully saturated rings. The molecule has 10 nitrogen and oxygen atoms in total. The van der Waals surface area contributed by atoms with Gasteiger partial charge >= 0.3 is 6.03 Å². The third-order valence-electron chi connectivity index (χ3n) is 7.61. The van der Waals surface area contributed by atoms with Crippen LogP contribution in [0.2, 0.25) is 0 Å². The number of aromatic nitrogens is 5.